The molecule has 0 atom stereocenters. The molecule has 0 bridgehead atoms. The van der Waals surface area contributed by atoms with E-state index in [9.17, 15) is 10.1 Å². The van der Waals surface area contributed by atoms with Crippen LogP contribution >= 0.6 is 11.6 Å². The summed E-state index contributed by atoms with van der Waals surface area (Å²) in [4.78, 5) is 21.2. The maximum absolute atomic E-state index is 11.4. The van der Waals surface area contributed by atoms with Crippen molar-refractivity contribution in [3.63, 3.8) is 0 Å². The lowest BCUT2D eigenvalue weighted by Crippen LogP contribution is -2.25. The first kappa shape index (κ1) is 17.9. The van der Waals surface area contributed by atoms with E-state index in [1.165, 1.54) is 12.1 Å². The van der Waals surface area contributed by atoms with Crippen molar-refractivity contribution in [1.82, 2.24) is 9.97 Å². The molecule has 0 N–H and O–H groups in total. The maximum Gasteiger partial charge on any atom is 0.311 e. The molecule has 0 radical (unpaired) electrons. The first-order valence-corrected chi connectivity index (χ1v) is 8.06. The quantitative estimate of drug-likeness (QED) is 0.408. The number of aromatic nitrogens is 2. The van der Waals surface area contributed by atoms with Crippen LogP contribution in [0.3, 0.4) is 0 Å². The van der Waals surface area contributed by atoms with Gasteiger partial charge in [0.1, 0.15) is 5.15 Å². The first-order valence-electron chi connectivity index (χ1n) is 7.68. The van der Waals surface area contributed by atoms with Crippen LogP contribution in [-0.4, -0.2) is 28.0 Å². The van der Waals surface area contributed by atoms with E-state index in [0.717, 1.165) is 12.0 Å². The smallest absolute Gasteiger partial charge is 0.311 e. The Morgan fingerprint density at radius 3 is 2.67 bits per heavy atom. The van der Waals surface area contributed by atoms with Gasteiger partial charge in [-0.05, 0) is 25.0 Å². The van der Waals surface area contributed by atoms with E-state index in [4.69, 9.17) is 16.3 Å². The number of pyridine rings is 2. The normalized spacial score (nSPS) is 10.5. The van der Waals surface area contributed by atoms with E-state index in [0.29, 0.717) is 36.5 Å². The predicted molar refractivity (Wildman–Crippen MR) is 92.6 cm³/mol. The zero-order valence-electron chi connectivity index (χ0n) is 13.6. The lowest BCUT2D eigenvalue weighted by molar-refractivity contribution is -0.384. The maximum atomic E-state index is 11.4. The topological polar surface area (TPSA) is 81.4 Å². The highest BCUT2D eigenvalue weighted by Gasteiger charge is 2.22. The molecule has 2 aromatic heterocycles. The molecule has 8 heteroatoms. The second-order valence-corrected chi connectivity index (χ2v) is 5.48. The van der Waals surface area contributed by atoms with Crippen molar-refractivity contribution >= 4 is 23.1 Å². The molecule has 0 saturated carbocycles. The fraction of sp³-hybridized carbons (Fsp3) is 0.375. The molecule has 0 spiro atoms. The van der Waals surface area contributed by atoms with E-state index >= 15 is 0 Å². The fourth-order valence-corrected chi connectivity index (χ4v) is 2.39. The molecule has 24 heavy (non-hydrogen) atoms. The SMILES string of the molecule is CCCN(Cc1ccc(Cl)nc1)c1nc(OCC)ccc1[N+](=O)[O-]. The molecule has 0 aliphatic carbocycles. The highest BCUT2D eigenvalue weighted by molar-refractivity contribution is 6.29. The third-order valence-corrected chi connectivity index (χ3v) is 3.50. The molecule has 7 nitrogen and oxygen atoms in total. The number of anilines is 1. The van der Waals surface area contributed by atoms with Gasteiger partial charge < -0.3 is 9.64 Å². The summed E-state index contributed by atoms with van der Waals surface area (Å²) in [6, 6.07) is 6.48. The summed E-state index contributed by atoms with van der Waals surface area (Å²) in [6.07, 6.45) is 2.47. The van der Waals surface area contributed by atoms with Crippen molar-refractivity contribution in [1.29, 1.82) is 0 Å². The Morgan fingerprint density at radius 1 is 1.29 bits per heavy atom. The standard InChI is InChI=1S/C16H19ClN4O3/c1-3-9-20(11-12-5-7-14(17)18-10-12)16-13(21(22)23)6-8-15(19-16)24-4-2/h5-8,10H,3-4,9,11H2,1-2H3. The average molecular weight is 351 g/mol. The largest absolute Gasteiger partial charge is 0.478 e. The summed E-state index contributed by atoms with van der Waals surface area (Å²) < 4.78 is 5.39. The molecule has 0 aromatic carbocycles. The Labute approximate surface area is 145 Å². The third-order valence-electron chi connectivity index (χ3n) is 3.27. The van der Waals surface area contributed by atoms with Gasteiger partial charge in [0.2, 0.25) is 11.7 Å². The van der Waals surface area contributed by atoms with Crippen LogP contribution in [0, 0.1) is 10.1 Å². The monoisotopic (exact) mass is 350 g/mol. The van der Waals surface area contributed by atoms with Gasteiger partial charge in [0.25, 0.3) is 0 Å². The van der Waals surface area contributed by atoms with Crippen LogP contribution < -0.4 is 9.64 Å². The van der Waals surface area contributed by atoms with Gasteiger partial charge in [0.15, 0.2) is 0 Å². The first-order chi connectivity index (χ1) is 11.5. The van der Waals surface area contributed by atoms with E-state index < -0.39 is 4.92 Å². The molecule has 2 rings (SSSR count). The van der Waals surface area contributed by atoms with E-state index in [-0.39, 0.29) is 5.69 Å². The molecule has 128 valence electrons. The van der Waals surface area contributed by atoms with Crippen LogP contribution in [0.5, 0.6) is 5.88 Å². The van der Waals surface area contributed by atoms with Gasteiger partial charge in [0, 0.05) is 31.4 Å². The Bertz CT molecular complexity index is 694. The average Bonchev–Trinajstić information content (AvgIpc) is 2.56. The zero-order valence-corrected chi connectivity index (χ0v) is 14.4. The van der Waals surface area contributed by atoms with Gasteiger partial charge in [0.05, 0.1) is 11.5 Å². The summed E-state index contributed by atoms with van der Waals surface area (Å²) in [7, 11) is 0. The highest BCUT2D eigenvalue weighted by atomic mass is 35.5. The van der Waals surface area contributed by atoms with Crippen molar-refractivity contribution in [2.24, 2.45) is 0 Å². The lowest BCUT2D eigenvalue weighted by atomic mass is 10.2. The molecule has 0 aliphatic rings. The Balaban J connectivity index is 2.38. The Hall–Kier alpha value is -2.41. The third kappa shape index (κ3) is 4.55. The van der Waals surface area contributed by atoms with Crippen molar-refractivity contribution in [3.05, 3.63) is 51.3 Å². The van der Waals surface area contributed by atoms with Crippen molar-refractivity contribution in [2.75, 3.05) is 18.1 Å². The van der Waals surface area contributed by atoms with Gasteiger partial charge in [-0.15, -0.1) is 0 Å². The number of hydrogen-bond donors (Lipinski definition) is 0. The lowest BCUT2D eigenvalue weighted by Gasteiger charge is -2.23. The summed E-state index contributed by atoms with van der Waals surface area (Å²) in [5.41, 5.74) is 0.847. The predicted octanol–water partition coefficient (Wildman–Crippen LogP) is 3.85. The van der Waals surface area contributed by atoms with Crippen molar-refractivity contribution < 1.29 is 9.66 Å². The summed E-state index contributed by atoms with van der Waals surface area (Å²) >= 11 is 5.81. The number of ether oxygens (including phenoxy) is 1. The molecule has 0 aliphatic heterocycles. The Morgan fingerprint density at radius 2 is 2.08 bits per heavy atom. The van der Waals surface area contributed by atoms with Gasteiger partial charge >= 0.3 is 5.69 Å². The molecule has 0 fully saturated rings. The molecular weight excluding hydrogens is 332 g/mol. The summed E-state index contributed by atoms with van der Waals surface area (Å²) in [5, 5.41) is 11.8. The summed E-state index contributed by atoms with van der Waals surface area (Å²) in [5.74, 6) is 0.663. The van der Waals surface area contributed by atoms with E-state index in [1.807, 2.05) is 24.8 Å². The number of hydrogen-bond acceptors (Lipinski definition) is 6. The molecule has 2 aromatic rings. The molecular formula is C16H19ClN4O3. The number of halogens is 1. The molecule has 0 saturated heterocycles. The van der Waals surface area contributed by atoms with Gasteiger partial charge in [-0.2, -0.15) is 4.98 Å². The van der Waals surface area contributed by atoms with Crippen LogP contribution in [0.2, 0.25) is 5.15 Å². The molecule has 2 heterocycles. The minimum absolute atomic E-state index is 0.0474. The second kappa shape index (κ2) is 8.44. The molecule has 0 amide bonds. The Kier molecular flexibility index (Phi) is 6.31. The van der Waals surface area contributed by atoms with Crippen LogP contribution in [0.1, 0.15) is 25.8 Å². The fourth-order valence-electron chi connectivity index (χ4n) is 2.28. The number of nitrogens with zero attached hydrogens (tertiary/aromatic N) is 4. The highest BCUT2D eigenvalue weighted by Crippen LogP contribution is 2.30. The summed E-state index contributed by atoms with van der Waals surface area (Å²) in [6.45, 7) is 5.35. The van der Waals surface area contributed by atoms with Crippen LogP contribution in [0.25, 0.3) is 0 Å². The minimum Gasteiger partial charge on any atom is -0.478 e. The van der Waals surface area contributed by atoms with Crippen molar-refractivity contribution in [2.45, 2.75) is 26.8 Å². The number of rotatable bonds is 8. The minimum atomic E-state index is -0.430. The van der Waals surface area contributed by atoms with E-state index in [1.54, 1.807) is 12.3 Å². The van der Waals surface area contributed by atoms with Gasteiger partial charge in [-0.1, -0.05) is 24.6 Å². The molecule has 0 unspecified atom stereocenters. The van der Waals surface area contributed by atoms with Crippen molar-refractivity contribution in [3.8, 4) is 5.88 Å². The van der Waals surface area contributed by atoms with Crippen LogP contribution in [0.4, 0.5) is 11.5 Å². The van der Waals surface area contributed by atoms with Gasteiger partial charge in [-0.25, -0.2) is 4.98 Å². The van der Waals surface area contributed by atoms with Crippen LogP contribution in [0.15, 0.2) is 30.5 Å². The van der Waals surface area contributed by atoms with E-state index in [2.05, 4.69) is 9.97 Å². The second-order valence-electron chi connectivity index (χ2n) is 5.09. The van der Waals surface area contributed by atoms with Gasteiger partial charge in [-0.3, -0.25) is 10.1 Å². The number of nitro groups is 1. The zero-order chi connectivity index (χ0) is 17.5. The van der Waals surface area contributed by atoms with Crippen LogP contribution in [-0.2, 0) is 6.54 Å².